The number of carbonyl (C=O) groups is 2. The Morgan fingerprint density at radius 3 is 2.53 bits per heavy atom. The number of ether oxygens (including phenoxy) is 1. The normalized spacial score (nSPS) is 16.9. The summed E-state index contributed by atoms with van der Waals surface area (Å²) in [4.78, 5) is 36.3. The van der Waals surface area contributed by atoms with Gasteiger partial charge in [-0.25, -0.2) is 24.5 Å². The largest absolute Gasteiger partial charge is 0.478 e. The highest BCUT2D eigenvalue weighted by atomic mass is 16.6. The molecule has 1 aliphatic heterocycles. The molecular weight excluding hydrogens is 408 g/mol. The van der Waals surface area contributed by atoms with E-state index in [-0.39, 0.29) is 12.0 Å². The average molecular weight is 439 g/mol. The number of nitrogens with zero attached hydrogens (tertiary/aromatic N) is 4. The van der Waals surface area contributed by atoms with E-state index >= 15 is 0 Å². The lowest BCUT2D eigenvalue weighted by Crippen LogP contribution is -2.46. The molecule has 1 aromatic carbocycles. The van der Waals surface area contributed by atoms with Crippen LogP contribution >= 0.6 is 0 Å². The Morgan fingerprint density at radius 2 is 1.91 bits per heavy atom. The summed E-state index contributed by atoms with van der Waals surface area (Å²) in [5.41, 5.74) is 1.18. The maximum Gasteiger partial charge on any atom is 0.417 e. The predicted octanol–water partition coefficient (Wildman–Crippen LogP) is 3.63. The number of anilines is 1. The minimum Gasteiger partial charge on any atom is -0.478 e. The van der Waals surface area contributed by atoms with Crippen LogP contribution < -0.4 is 4.90 Å². The Hall–Kier alpha value is -3.26. The van der Waals surface area contributed by atoms with Gasteiger partial charge in [0.15, 0.2) is 0 Å². The second-order valence-electron chi connectivity index (χ2n) is 8.82. The lowest BCUT2D eigenvalue weighted by Gasteiger charge is -2.30. The van der Waals surface area contributed by atoms with Crippen LogP contribution in [-0.4, -0.2) is 63.3 Å². The van der Waals surface area contributed by atoms with Gasteiger partial charge in [-0.1, -0.05) is 30.3 Å². The van der Waals surface area contributed by atoms with Crippen molar-refractivity contribution in [3.63, 3.8) is 0 Å². The quantitative estimate of drug-likeness (QED) is 0.660. The molecule has 0 aliphatic carbocycles. The standard InChI is InChI=1S/C24H30N4O4/c1-24(2,3)32-23(31)28(22-25-15-19(16-26-22)9-10-21(29)30)20-12-14-27(17-20)13-11-18-7-5-4-6-8-18/h4-10,15-16,20H,11-14,17H2,1-3H3,(H,29,30)/b10-9+/t20-/m1/s1. The van der Waals surface area contributed by atoms with Crippen molar-refractivity contribution in [2.75, 3.05) is 24.5 Å². The molecular formula is C24H30N4O4. The summed E-state index contributed by atoms with van der Waals surface area (Å²) in [6.07, 6.45) is 6.68. The molecule has 3 rings (SSSR count). The molecule has 0 bridgehead atoms. The van der Waals surface area contributed by atoms with Gasteiger partial charge in [-0.3, -0.25) is 0 Å². The van der Waals surface area contributed by atoms with Crippen LogP contribution in [0.25, 0.3) is 6.08 Å². The lowest BCUT2D eigenvalue weighted by atomic mass is 10.1. The molecule has 0 unspecified atom stereocenters. The Bertz CT molecular complexity index is 939. The van der Waals surface area contributed by atoms with E-state index in [0.717, 1.165) is 32.0 Å². The topological polar surface area (TPSA) is 95.9 Å². The minimum atomic E-state index is -1.05. The molecule has 2 aromatic rings. The van der Waals surface area contributed by atoms with Crippen molar-refractivity contribution in [3.05, 3.63) is 59.9 Å². The second kappa shape index (κ2) is 10.4. The molecule has 1 atom stereocenters. The Kier molecular flexibility index (Phi) is 7.58. The van der Waals surface area contributed by atoms with E-state index < -0.39 is 17.7 Å². The highest BCUT2D eigenvalue weighted by molar-refractivity contribution is 5.87. The zero-order valence-corrected chi connectivity index (χ0v) is 18.8. The van der Waals surface area contributed by atoms with Crippen LogP contribution in [0, 0.1) is 0 Å². The lowest BCUT2D eigenvalue weighted by molar-refractivity contribution is -0.131. The number of hydrogen-bond donors (Lipinski definition) is 1. The van der Waals surface area contributed by atoms with Gasteiger partial charge in [-0.2, -0.15) is 0 Å². The van der Waals surface area contributed by atoms with E-state index in [1.54, 1.807) is 0 Å². The molecule has 1 saturated heterocycles. The molecule has 32 heavy (non-hydrogen) atoms. The molecule has 0 spiro atoms. The van der Waals surface area contributed by atoms with E-state index in [9.17, 15) is 9.59 Å². The number of aliphatic carboxylic acids is 1. The summed E-state index contributed by atoms with van der Waals surface area (Å²) in [6, 6.07) is 10.2. The third kappa shape index (κ3) is 6.88. The molecule has 0 saturated carbocycles. The smallest absolute Gasteiger partial charge is 0.417 e. The van der Waals surface area contributed by atoms with Crippen molar-refractivity contribution >= 4 is 24.1 Å². The maximum atomic E-state index is 13.0. The van der Waals surface area contributed by atoms with Gasteiger partial charge in [0.25, 0.3) is 0 Å². The van der Waals surface area contributed by atoms with Crippen LogP contribution in [0.15, 0.2) is 48.8 Å². The van der Waals surface area contributed by atoms with Crippen molar-refractivity contribution in [2.24, 2.45) is 0 Å². The number of carboxylic acids is 1. The Balaban J connectivity index is 1.73. The van der Waals surface area contributed by atoms with Gasteiger partial charge in [-0.15, -0.1) is 0 Å². The highest BCUT2D eigenvalue weighted by Crippen LogP contribution is 2.23. The van der Waals surface area contributed by atoms with Crippen LogP contribution in [0.5, 0.6) is 0 Å². The van der Waals surface area contributed by atoms with Gasteiger partial charge in [0.05, 0.1) is 6.04 Å². The molecule has 1 fully saturated rings. The van der Waals surface area contributed by atoms with E-state index in [2.05, 4.69) is 27.0 Å². The van der Waals surface area contributed by atoms with Crippen molar-refractivity contribution in [2.45, 2.75) is 45.3 Å². The number of hydrogen-bond acceptors (Lipinski definition) is 6. The highest BCUT2D eigenvalue weighted by Gasteiger charge is 2.35. The summed E-state index contributed by atoms with van der Waals surface area (Å²) < 4.78 is 5.64. The zero-order chi connectivity index (χ0) is 23.1. The van der Waals surface area contributed by atoms with Gasteiger partial charge in [-0.05, 0) is 45.3 Å². The van der Waals surface area contributed by atoms with Crippen molar-refractivity contribution in [3.8, 4) is 0 Å². The summed E-state index contributed by atoms with van der Waals surface area (Å²) in [5.74, 6) is -0.798. The summed E-state index contributed by atoms with van der Waals surface area (Å²) in [5, 5.41) is 8.78. The summed E-state index contributed by atoms with van der Waals surface area (Å²) in [7, 11) is 0. The molecule has 1 amide bonds. The van der Waals surface area contributed by atoms with Crippen LogP contribution in [0.1, 0.15) is 38.3 Å². The minimum absolute atomic E-state index is 0.110. The molecule has 8 heteroatoms. The number of likely N-dealkylation sites (tertiary alicyclic amines) is 1. The van der Waals surface area contributed by atoms with E-state index in [4.69, 9.17) is 9.84 Å². The first kappa shape index (κ1) is 23.4. The van der Waals surface area contributed by atoms with Crippen molar-refractivity contribution in [1.29, 1.82) is 0 Å². The number of rotatable bonds is 7. The van der Waals surface area contributed by atoms with Gasteiger partial charge >= 0.3 is 12.1 Å². The van der Waals surface area contributed by atoms with E-state index in [1.165, 1.54) is 28.9 Å². The third-order valence-electron chi connectivity index (χ3n) is 5.05. The van der Waals surface area contributed by atoms with Crippen molar-refractivity contribution < 1.29 is 19.4 Å². The maximum absolute atomic E-state index is 13.0. The van der Waals surface area contributed by atoms with Crippen LogP contribution in [0.3, 0.4) is 0 Å². The molecule has 8 nitrogen and oxygen atoms in total. The number of benzene rings is 1. The SMILES string of the molecule is CC(C)(C)OC(=O)N(c1ncc(/C=C/C(=O)O)cn1)[C@@H]1CCN(CCc2ccccc2)C1. The molecule has 1 N–H and O–H groups in total. The number of aromatic nitrogens is 2. The van der Waals surface area contributed by atoms with E-state index in [1.807, 2.05) is 39.0 Å². The monoisotopic (exact) mass is 438 g/mol. The van der Waals surface area contributed by atoms with Gasteiger partial charge in [0, 0.05) is 43.7 Å². The van der Waals surface area contributed by atoms with Gasteiger partial charge in [0.1, 0.15) is 5.60 Å². The molecule has 2 heterocycles. The van der Waals surface area contributed by atoms with Crippen molar-refractivity contribution in [1.82, 2.24) is 14.9 Å². The fourth-order valence-corrected chi connectivity index (χ4v) is 3.57. The Labute approximate surface area is 188 Å². The Morgan fingerprint density at radius 1 is 1.22 bits per heavy atom. The predicted molar refractivity (Wildman–Crippen MR) is 122 cm³/mol. The first-order valence-corrected chi connectivity index (χ1v) is 10.7. The number of carboxylic acid groups (broad SMARTS) is 1. The fraction of sp³-hybridized carbons (Fsp3) is 0.417. The number of carbonyl (C=O) groups excluding carboxylic acids is 1. The average Bonchev–Trinajstić information content (AvgIpc) is 3.19. The fourth-order valence-electron chi connectivity index (χ4n) is 3.57. The molecule has 1 aliphatic rings. The zero-order valence-electron chi connectivity index (χ0n) is 18.8. The number of amides is 1. The third-order valence-corrected chi connectivity index (χ3v) is 5.05. The summed E-state index contributed by atoms with van der Waals surface area (Å²) >= 11 is 0. The molecule has 170 valence electrons. The van der Waals surface area contributed by atoms with Crippen LogP contribution in [0.4, 0.5) is 10.7 Å². The molecule has 0 radical (unpaired) electrons. The van der Waals surface area contributed by atoms with Gasteiger partial charge in [0.2, 0.25) is 5.95 Å². The van der Waals surface area contributed by atoms with E-state index in [0.29, 0.717) is 12.1 Å². The first-order chi connectivity index (χ1) is 15.2. The van der Waals surface area contributed by atoms with Crippen LogP contribution in [-0.2, 0) is 16.0 Å². The van der Waals surface area contributed by atoms with Crippen LogP contribution in [0.2, 0.25) is 0 Å². The molecule has 1 aromatic heterocycles. The second-order valence-corrected chi connectivity index (χ2v) is 8.82. The van der Waals surface area contributed by atoms with Gasteiger partial charge < -0.3 is 14.7 Å². The summed E-state index contributed by atoms with van der Waals surface area (Å²) in [6.45, 7) is 7.95. The first-order valence-electron chi connectivity index (χ1n) is 10.7.